The van der Waals surface area contributed by atoms with E-state index in [9.17, 15) is 10.2 Å². The molecule has 0 aliphatic heterocycles. The fourth-order valence-corrected chi connectivity index (χ4v) is 12.0. The van der Waals surface area contributed by atoms with Gasteiger partial charge in [0, 0.05) is 348 Å². The second-order valence-electron chi connectivity index (χ2n) is 28.5. The Morgan fingerprint density at radius 3 is 0.543 bits per heavy atom. The molecule has 140 heavy (non-hydrogen) atoms. The third-order valence-electron chi connectivity index (χ3n) is 14.1. The molecule has 0 aromatic rings. The van der Waals surface area contributed by atoms with Crippen LogP contribution in [-0.2, 0) is 168 Å². The van der Waals surface area contributed by atoms with Gasteiger partial charge in [0.1, 0.15) is 12.2 Å². The molecule has 0 aliphatic rings. The summed E-state index contributed by atoms with van der Waals surface area (Å²) in [4.78, 5) is 28.8. The molecule has 56 heteroatoms. The Balaban J connectivity index is -0.0000000325. The van der Waals surface area contributed by atoms with Crippen LogP contribution in [0.3, 0.4) is 0 Å². The van der Waals surface area contributed by atoms with Gasteiger partial charge in [-0.3, -0.25) is 39.9 Å². The number of rotatable bonds is 37. The first-order valence-corrected chi connectivity index (χ1v) is 60.4. The zero-order chi connectivity index (χ0) is 108. The standard InChI is InChI=1S/C8H19NOSi.2C6H15NOSi.2C5H13NOSi.2C5H11NO.C4H11NOSi.4C4H9NO.2C4H7NO.4C3H7NO.2C2H5NO.10Co/c1-4-11(5-2,6-3)8(10)7-9;1-7-5-6(8)9(2,3)4;1-3-9(4-2)6(8)5-7;1-8(2,3)5(7)4-6;1-6-4-5(7)8(2)3;2*1-3-5(7)4-6-2;1-7(2)4(6)3-5;2*1-4(6)3-5-2;4*1-2-4(6)3-5;2*1-4-2-3-5;2*1-3(5)2-4;2*3-1-2-4;;;;;;;;;;/h7-10H,4-6H2,1-3H3;5-6,8H,1-4H3;5-9H,3-4H2,1-2H3;4-7H,1-3H3;4-5,7-8H,1-3H3;2*4-5,7H,3H2,1-2H3;3-7H,1-2H3;2*3-4,6H,1-2H3;2*3-6H,2H2,1H3;2*2-6H,1H2;2*2,5H,3H2,1H3;2*2-5H,1H3;2*1,3-4H,2H2;;;;;;;;;;. The van der Waals surface area contributed by atoms with Crippen LogP contribution in [0.5, 0.6) is 0 Å². The zero-order valence-electron chi connectivity index (χ0n) is 88.6. The molecule has 0 fully saturated rings. The van der Waals surface area contributed by atoms with Gasteiger partial charge >= 0.3 is 0 Å². The second-order valence-corrected chi connectivity index (χ2v) is 54.7. The van der Waals surface area contributed by atoms with Crippen LogP contribution in [0.25, 0.3) is 0 Å². The average molecular weight is 2560 g/mol. The van der Waals surface area contributed by atoms with E-state index in [1.54, 1.807) is 82.7 Å². The van der Waals surface area contributed by atoms with E-state index in [1.165, 1.54) is 75.7 Å². The van der Waals surface area contributed by atoms with Crippen LogP contribution in [0.15, 0.2) is 65.2 Å². The van der Waals surface area contributed by atoms with Gasteiger partial charge in [-0.25, -0.2) is 0 Å². The Labute approximate surface area is 955 Å². The predicted octanol–water partition coefficient (Wildman–Crippen LogP) is 5.60. The summed E-state index contributed by atoms with van der Waals surface area (Å²) in [5.74, 6) is 0. The van der Waals surface area contributed by atoms with Crippen molar-refractivity contribution in [1.82, 2.24) is 0 Å². The molecule has 0 aromatic heterocycles. The number of aliphatic imine (C=N–C) groups is 8. The van der Waals surface area contributed by atoms with E-state index in [0.717, 1.165) is 105 Å². The summed E-state index contributed by atoms with van der Waals surface area (Å²) in [6, 6.07) is 5.42. The molecule has 16 atom stereocenters. The van der Waals surface area contributed by atoms with E-state index in [1.807, 2.05) is 60.4 Å². The molecule has 866 valence electrons. The van der Waals surface area contributed by atoms with Gasteiger partial charge in [-0.2, -0.15) is 0 Å². The van der Waals surface area contributed by atoms with Gasteiger partial charge in [-0.15, -0.1) is 13.2 Å². The molecule has 16 unspecified atom stereocenters. The first-order chi connectivity index (χ1) is 60.3. The molecule has 0 spiro atoms. The van der Waals surface area contributed by atoms with Crippen molar-refractivity contribution in [2.45, 2.75) is 307 Å². The van der Waals surface area contributed by atoms with Crippen LogP contribution < -0.4 is 0 Å². The minimum atomic E-state index is -1.51. The smallest absolute Gasteiger partial charge is 0.106 e. The largest absolute Gasteiger partial charge is 0.391 e. The minimum absolute atomic E-state index is 0. The van der Waals surface area contributed by atoms with Gasteiger partial charge in [-0.1, -0.05) is 170 Å². The third-order valence-corrected chi connectivity index (χ3v) is 30.0. The maximum absolute atomic E-state index is 9.59. The summed E-state index contributed by atoms with van der Waals surface area (Å²) in [7, 11) is 6.04. The maximum atomic E-state index is 9.59. The Bertz CT molecular complexity index is 2540. The number of nitrogens with zero attached hydrogens (tertiary/aromatic N) is 8. The third kappa shape index (κ3) is 264. The zero-order valence-corrected chi connectivity index (χ0v) is 106. The van der Waals surface area contributed by atoms with E-state index >= 15 is 0 Å². The van der Waals surface area contributed by atoms with Crippen LogP contribution in [0.2, 0.25) is 95.7 Å². The SMILES string of the molecule is C=CC(O)C=N.C=CC(O)C=N.CC(O)C=N.CC(O)C=N.CCC(O)C=N.CCC(O)C=N.CCC(O)C=NC.CCC(O)C=NC.CC[SiH](CC)C(O)C=N.CC[Si](CC)(CC)C(O)C=N.CN=CC(C)O.CN=CC(C)O.CN=CC(O)[SiH](C)C.CN=CC(O)[Si](C)(C)C.CN=CCO.CN=CCO.C[SiH](C)C(O)C=N.C[Si](C)(C)C(O)C=N.N=CCO.N=CCO.[Co].[Co].[Co].[Co].[Co].[Co].[Co].[Co].[Co].[Co]. The molecule has 0 heterocycles. The van der Waals surface area contributed by atoms with Crippen molar-refractivity contribution in [1.29, 1.82) is 64.9 Å². The molecule has 0 aliphatic carbocycles. The van der Waals surface area contributed by atoms with E-state index in [0.29, 0.717) is 12.8 Å². The average Bonchev–Trinajstić information content (AvgIpc) is 0.860. The van der Waals surface area contributed by atoms with Gasteiger partial charge in [0.05, 0.1) is 160 Å². The molecule has 0 amide bonds. The molecule has 0 rings (SSSR count). The Morgan fingerprint density at radius 1 is 0.279 bits per heavy atom. The Kier molecular flexibility index (Phi) is 300. The number of hydrogen-bond acceptors (Lipinski definition) is 40. The van der Waals surface area contributed by atoms with E-state index in [4.69, 9.17) is 157 Å². The van der Waals surface area contributed by atoms with Gasteiger partial charge in [0.25, 0.3) is 0 Å². The summed E-state index contributed by atoms with van der Waals surface area (Å²) < 4.78 is 0. The molecular formula is C84H196Co10N20O20Si6. The number of nitrogens with one attached hydrogen (secondary N) is 12. The normalized spacial score (nSPS) is 12.8. The van der Waals surface area contributed by atoms with Crippen molar-refractivity contribution in [2.24, 2.45) is 39.9 Å². The molecule has 10 radical (unpaired) electrons. The molecule has 32 N–H and O–H groups in total. The van der Waals surface area contributed by atoms with Crippen LogP contribution in [-0.4, -0.2) is 455 Å². The van der Waals surface area contributed by atoms with Crippen LogP contribution >= 0.6 is 0 Å². The van der Waals surface area contributed by atoms with Gasteiger partial charge in [0.2, 0.25) is 0 Å². The monoisotopic (exact) mass is 2560 g/mol. The van der Waals surface area contributed by atoms with Crippen molar-refractivity contribution in [2.75, 3.05) is 82.8 Å². The quantitative estimate of drug-likeness (QED) is 0.0204. The van der Waals surface area contributed by atoms with Gasteiger partial charge in [-0.05, 0) is 53.4 Å². The topological polar surface area (TPSA) is 790 Å². The fraction of sp³-hybridized carbons (Fsp3) is 0.714. The van der Waals surface area contributed by atoms with E-state index < -0.39 is 117 Å². The minimum Gasteiger partial charge on any atom is -0.391 e. The molecule has 0 aromatic carbocycles. The molecule has 40 nitrogen and oxygen atoms in total. The van der Waals surface area contributed by atoms with Crippen LogP contribution in [0, 0.1) is 64.9 Å². The molecule has 0 saturated carbocycles. The van der Waals surface area contributed by atoms with Crippen LogP contribution in [0.4, 0.5) is 0 Å². The van der Waals surface area contributed by atoms with E-state index in [2.05, 4.69) is 120 Å². The Hall–Kier alpha value is -1.55. The van der Waals surface area contributed by atoms with Crippen molar-refractivity contribution in [3.05, 3.63) is 25.3 Å². The number of aliphatic hydroxyl groups excluding tert-OH is 20. The first-order valence-electron chi connectivity index (χ1n) is 42.3. The summed E-state index contributed by atoms with van der Waals surface area (Å²) in [6.45, 7) is 51.3. The van der Waals surface area contributed by atoms with Gasteiger partial charge < -0.3 is 167 Å². The number of aliphatic hydroxyl groups is 20. The van der Waals surface area contributed by atoms with Crippen molar-refractivity contribution in [3.63, 3.8) is 0 Å². The number of hydrogen-bond donors (Lipinski definition) is 32. The van der Waals surface area contributed by atoms with Gasteiger partial charge in [0.15, 0.2) is 0 Å². The summed E-state index contributed by atoms with van der Waals surface area (Å²) in [6.07, 6.45) is 24.5. The molecule has 0 bridgehead atoms. The molecule has 0 saturated heterocycles. The van der Waals surface area contributed by atoms with Crippen LogP contribution in [0.1, 0.15) is 116 Å². The maximum Gasteiger partial charge on any atom is 0.106 e. The van der Waals surface area contributed by atoms with Crippen molar-refractivity contribution < 1.29 is 270 Å². The Morgan fingerprint density at radius 2 is 0.507 bits per heavy atom. The van der Waals surface area contributed by atoms with Crippen molar-refractivity contribution in [3.8, 4) is 0 Å². The summed E-state index contributed by atoms with van der Waals surface area (Å²) >= 11 is 0. The first kappa shape index (κ1) is 222. The molecular weight excluding hydrogens is 2370 g/mol. The van der Waals surface area contributed by atoms with E-state index in [-0.39, 0.29) is 224 Å². The van der Waals surface area contributed by atoms with Crippen molar-refractivity contribution >= 4 is 175 Å². The summed E-state index contributed by atoms with van der Waals surface area (Å²) in [5.41, 5.74) is -2.23. The summed E-state index contributed by atoms with van der Waals surface area (Å²) in [5, 5.41) is 247. The predicted molar refractivity (Wildman–Crippen MR) is 579 cm³/mol. The second kappa shape index (κ2) is 189. The fourth-order valence-electron chi connectivity index (χ4n) is 5.12.